The van der Waals surface area contributed by atoms with Gasteiger partial charge in [-0.2, -0.15) is 4.98 Å². The lowest BCUT2D eigenvalue weighted by Crippen LogP contribution is -2.16. The zero-order valence-electron chi connectivity index (χ0n) is 16.3. The highest BCUT2D eigenvalue weighted by Crippen LogP contribution is 2.35. The molecule has 5 heterocycles. The first-order valence-corrected chi connectivity index (χ1v) is 11.6. The van der Waals surface area contributed by atoms with Gasteiger partial charge in [-0.1, -0.05) is 23.1 Å². The van der Waals surface area contributed by atoms with Crippen LogP contribution in [-0.2, 0) is 4.79 Å². The highest BCUT2D eigenvalue weighted by atomic mass is 32.2. The Morgan fingerprint density at radius 1 is 1.19 bits per heavy atom. The molecule has 1 aromatic carbocycles. The molecule has 4 aromatic rings. The molecule has 0 atom stereocenters. The number of amides is 1. The fourth-order valence-corrected chi connectivity index (χ4v) is 5.38. The van der Waals surface area contributed by atoms with Crippen LogP contribution in [0.15, 0.2) is 29.7 Å². The highest BCUT2D eigenvalue weighted by molar-refractivity contribution is 7.99. The lowest BCUT2D eigenvalue weighted by atomic mass is 10.3. The lowest BCUT2D eigenvalue weighted by Gasteiger charge is -2.11. The minimum atomic E-state index is -0.149. The van der Waals surface area contributed by atoms with Crippen LogP contribution in [-0.4, -0.2) is 56.1 Å². The average Bonchev–Trinajstić information content (AvgIpc) is 3.57. The summed E-state index contributed by atoms with van der Waals surface area (Å²) in [4.78, 5) is 23.8. The van der Waals surface area contributed by atoms with Crippen molar-refractivity contribution in [1.82, 2.24) is 24.6 Å². The molecule has 31 heavy (non-hydrogen) atoms. The number of thioether (sulfide) groups is 1. The second-order valence-electron chi connectivity index (χ2n) is 7.17. The number of benzene rings is 1. The molecule has 6 rings (SSSR count). The van der Waals surface area contributed by atoms with Crippen molar-refractivity contribution >= 4 is 55.8 Å². The van der Waals surface area contributed by atoms with Crippen molar-refractivity contribution in [2.75, 3.05) is 35.9 Å². The van der Waals surface area contributed by atoms with Crippen molar-refractivity contribution in [2.45, 2.75) is 18.0 Å². The largest absolute Gasteiger partial charge is 0.454 e. The van der Waals surface area contributed by atoms with Crippen LogP contribution in [0.25, 0.3) is 16.0 Å². The lowest BCUT2D eigenvalue weighted by molar-refractivity contribution is -0.113. The van der Waals surface area contributed by atoms with E-state index in [1.807, 2.05) is 4.40 Å². The summed E-state index contributed by atoms with van der Waals surface area (Å²) in [6.45, 7) is 2.26. The maximum atomic E-state index is 12.4. The summed E-state index contributed by atoms with van der Waals surface area (Å²) in [5, 5.41) is 13.0. The number of hydrogen-bond donors (Lipinski definition) is 1. The van der Waals surface area contributed by atoms with Gasteiger partial charge in [0.25, 0.3) is 0 Å². The third-order valence-corrected chi connectivity index (χ3v) is 7.17. The molecule has 158 valence electrons. The molecular weight excluding hydrogens is 438 g/mol. The molecule has 0 saturated carbocycles. The predicted octanol–water partition coefficient (Wildman–Crippen LogP) is 2.79. The highest BCUT2D eigenvalue weighted by Gasteiger charge is 2.20. The van der Waals surface area contributed by atoms with E-state index in [-0.39, 0.29) is 18.5 Å². The third-order valence-electron chi connectivity index (χ3n) is 5.13. The van der Waals surface area contributed by atoms with Gasteiger partial charge in [-0.15, -0.1) is 10.2 Å². The molecule has 2 aliphatic rings. The average molecular weight is 456 g/mol. The zero-order chi connectivity index (χ0) is 20.8. The van der Waals surface area contributed by atoms with E-state index in [2.05, 4.69) is 30.4 Å². The Bertz CT molecular complexity index is 1300. The minimum absolute atomic E-state index is 0.149. The van der Waals surface area contributed by atoms with Crippen molar-refractivity contribution in [3.63, 3.8) is 0 Å². The van der Waals surface area contributed by atoms with Crippen molar-refractivity contribution < 1.29 is 14.3 Å². The van der Waals surface area contributed by atoms with E-state index in [4.69, 9.17) is 9.47 Å². The number of ether oxygens (including phenoxy) is 2. The summed E-state index contributed by atoms with van der Waals surface area (Å²) in [5.41, 5.74) is 2.05. The summed E-state index contributed by atoms with van der Waals surface area (Å²) >= 11 is 2.90. The Balaban J connectivity index is 1.18. The summed E-state index contributed by atoms with van der Waals surface area (Å²) in [5.74, 6) is 1.34. The minimum Gasteiger partial charge on any atom is -0.454 e. The molecule has 1 N–H and O–H groups in total. The number of carbonyl (C=O) groups is 1. The Labute approximate surface area is 184 Å². The van der Waals surface area contributed by atoms with Crippen LogP contribution < -0.4 is 19.7 Å². The van der Waals surface area contributed by atoms with Gasteiger partial charge in [0.15, 0.2) is 33.1 Å². The van der Waals surface area contributed by atoms with E-state index >= 15 is 0 Å². The molecule has 3 aromatic heterocycles. The predicted molar refractivity (Wildman–Crippen MR) is 117 cm³/mol. The SMILES string of the molecule is O=C(CSc1nnc2c3sc(N4CCCC4)nc3ncn12)Nc1ccc2c(c1)OCO2. The first-order valence-electron chi connectivity index (χ1n) is 9.82. The Hall–Kier alpha value is -3.12. The van der Waals surface area contributed by atoms with Gasteiger partial charge in [-0.3, -0.25) is 9.20 Å². The molecule has 0 spiro atoms. The van der Waals surface area contributed by atoms with Gasteiger partial charge in [0.1, 0.15) is 11.0 Å². The summed E-state index contributed by atoms with van der Waals surface area (Å²) < 4.78 is 13.4. The molecule has 0 bridgehead atoms. The van der Waals surface area contributed by atoms with Crippen molar-refractivity contribution in [2.24, 2.45) is 0 Å². The van der Waals surface area contributed by atoms with Gasteiger partial charge in [-0.25, -0.2) is 4.98 Å². The smallest absolute Gasteiger partial charge is 0.234 e. The van der Waals surface area contributed by atoms with Gasteiger partial charge < -0.3 is 19.7 Å². The topological polar surface area (TPSA) is 107 Å². The van der Waals surface area contributed by atoms with Crippen LogP contribution >= 0.6 is 23.1 Å². The molecule has 1 fully saturated rings. The number of thiazole rings is 1. The standard InChI is InChI=1S/C19H17N7O3S2/c27-14(21-11-3-4-12-13(7-11)29-10-28-12)8-30-19-24-23-17-15-16(20-9-26(17)19)22-18(31-15)25-5-1-2-6-25/h3-4,7,9H,1-2,5-6,8,10H2,(H,21,27). The molecule has 12 heteroatoms. The quantitative estimate of drug-likeness (QED) is 0.455. The summed E-state index contributed by atoms with van der Waals surface area (Å²) in [6, 6.07) is 5.31. The van der Waals surface area contributed by atoms with Crippen LogP contribution in [0.1, 0.15) is 12.8 Å². The number of nitrogens with one attached hydrogen (secondary N) is 1. The molecule has 1 saturated heterocycles. The normalized spacial score (nSPS) is 15.3. The first kappa shape index (κ1) is 18.6. The van der Waals surface area contributed by atoms with Crippen molar-refractivity contribution in [3.05, 3.63) is 24.5 Å². The Morgan fingerprint density at radius 2 is 2.06 bits per heavy atom. The van der Waals surface area contributed by atoms with Crippen LogP contribution in [0.5, 0.6) is 11.5 Å². The summed E-state index contributed by atoms with van der Waals surface area (Å²) in [6.07, 6.45) is 4.06. The van der Waals surface area contributed by atoms with Gasteiger partial charge in [0.05, 0.1) is 5.75 Å². The number of anilines is 2. The number of fused-ring (bicyclic) bond motifs is 4. The number of carbonyl (C=O) groups excluding carboxylic acids is 1. The Morgan fingerprint density at radius 3 is 2.97 bits per heavy atom. The van der Waals surface area contributed by atoms with Gasteiger partial charge in [0, 0.05) is 24.8 Å². The van der Waals surface area contributed by atoms with Crippen LogP contribution in [0.3, 0.4) is 0 Å². The third kappa shape index (κ3) is 3.41. The van der Waals surface area contributed by atoms with Crippen LogP contribution in [0.4, 0.5) is 10.8 Å². The number of aromatic nitrogens is 5. The van der Waals surface area contributed by atoms with E-state index in [9.17, 15) is 4.79 Å². The first-order chi connectivity index (χ1) is 15.2. The van der Waals surface area contributed by atoms with Crippen LogP contribution in [0, 0.1) is 0 Å². The monoisotopic (exact) mass is 455 g/mol. The molecule has 0 aliphatic carbocycles. The van der Waals surface area contributed by atoms with E-state index in [0.717, 1.165) is 22.9 Å². The Kier molecular flexibility index (Phi) is 4.53. The second-order valence-corrected chi connectivity index (χ2v) is 9.09. The molecule has 1 amide bonds. The number of rotatable bonds is 5. The fraction of sp³-hybridized carbons (Fsp3) is 0.316. The number of nitrogens with zero attached hydrogens (tertiary/aromatic N) is 6. The van der Waals surface area contributed by atoms with E-state index in [0.29, 0.717) is 33.6 Å². The van der Waals surface area contributed by atoms with Gasteiger partial charge in [0.2, 0.25) is 12.7 Å². The van der Waals surface area contributed by atoms with E-state index in [1.165, 1.54) is 24.6 Å². The molecule has 0 unspecified atom stereocenters. The van der Waals surface area contributed by atoms with Gasteiger partial charge in [-0.05, 0) is 25.0 Å². The molecule has 2 aliphatic heterocycles. The van der Waals surface area contributed by atoms with E-state index < -0.39 is 0 Å². The van der Waals surface area contributed by atoms with E-state index in [1.54, 1.807) is 35.9 Å². The maximum absolute atomic E-state index is 12.4. The second kappa shape index (κ2) is 7.54. The zero-order valence-corrected chi connectivity index (χ0v) is 17.9. The van der Waals surface area contributed by atoms with Gasteiger partial charge >= 0.3 is 0 Å². The number of hydrogen-bond acceptors (Lipinski definition) is 10. The fourth-order valence-electron chi connectivity index (χ4n) is 3.63. The summed E-state index contributed by atoms with van der Waals surface area (Å²) in [7, 11) is 0. The maximum Gasteiger partial charge on any atom is 0.234 e. The van der Waals surface area contributed by atoms with Crippen molar-refractivity contribution in [1.29, 1.82) is 0 Å². The van der Waals surface area contributed by atoms with Crippen molar-refractivity contribution in [3.8, 4) is 11.5 Å². The van der Waals surface area contributed by atoms with Crippen LogP contribution in [0.2, 0.25) is 0 Å². The molecule has 10 nitrogen and oxygen atoms in total. The molecular formula is C19H17N7O3S2. The molecule has 0 radical (unpaired) electrons.